The van der Waals surface area contributed by atoms with Crippen LogP contribution >= 0.6 is 0 Å². The van der Waals surface area contributed by atoms with Crippen molar-refractivity contribution in [3.05, 3.63) is 0 Å². The van der Waals surface area contributed by atoms with Crippen LogP contribution in [0.25, 0.3) is 0 Å². The fourth-order valence-electron chi connectivity index (χ4n) is 2.70. The minimum absolute atomic E-state index is 0.0157. The summed E-state index contributed by atoms with van der Waals surface area (Å²) in [4.78, 5) is 12.1. The molecule has 0 fully saturated rings. The van der Waals surface area contributed by atoms with Crippen molar-refractivity contribution in [3.63, 3.8) is 0 Å². The largest absolute Gasteiger partial charge is 0.501 e. The average Bonchev–Trinajstić information content (AvgIpc) is 2.58. The minimum Gasteiger partial charge on any atom is -0.465 e. The van der Waals surface area contributed by atoms with E-state index in [9.17, 15) is 17.8 Å². The Bertz CT molecular complexity index is 480. The second-order valence-corrected chi connectivity index (χ2v) is 10.4. The molecule has 0 bridgehead atoms. The van der Waals surface area contributed by atoms with Crippen LogP contribution in [0.4, 0.5) is 0 Å². The molecule has 0 aromatic rings. The quantitative estimate of drug-likeness (QED) is 0.163. The highest BCUT2D eigenvalue weighted by atomic mass is 32.2. The first-order chi connectivity index (χ1) is 12.8. The highest BCUT2D eigenvalue weighted by molar-refractivity contribution is 7.87. The standard InChI is InChI=1S/C17H36O8SSi/c1-5-9-10-11-13-16(26(19,20)21)17(18)22-14-12-15-27(23-6-2,24-7-3)25-8-4/h16H,5-15H2,1-4H3,(H,19,20,21). The predicted octanol–water partition coefficient (Wildman–Crippen LogP) is 3.19. The van der Waals surface area contributed by atoms with Crippen LogP contribution in [-0.4, -0.2) is 59.4 Å². The van der Waals surface area contributed by atoms with Crippen LogP contribution in [0.3, 0.4) is 0 Å². The zero-order valence-corrected chi connectivity index (χ0v) is 18.9. The molecule has 1 unspecified atom stereocenters. The molecule has 1 atom stereocenters. The first-order valence-corrected chi connectivity index (χ1v) is 13.2. The molecular weight excluding hydrogens is 392 g/mol. The first-order valence-electron chi connectivity index (χ1n) is 9.81. The minimum atomic E-state index is -4.48. The number of esters is 1. The summed E-state index contributed by atoms with van der Waals surface area (Å²) in [5.74, 6) is -0.912. The fourth-order valence-corrected chi connectivity index (χ4v) is 6.06. The third kappa shape index (κ3) is 11.2. The monoisotopic (exact) mass is 428 g/mol. The second-order valence-electron chi connectivity index (χ2n) is 6.11. The maximum atomic E-state index is 12.1. The summed E-state index contributed by atoms with van der Waals surface area (Å²) in [6.45, 7) is 8.98. The zero-order valence-electron chi connectivity index (χ0n) is 17.1. The number of hydrogen-bond donors (Lipinski definition) is 1. The van der Waals surface area contributed by atoms with Gasteiger partial charge in [0.1, 0.15) is 0 Å². The molecule has 0 aromatic heterocycles. The molecular formula is C17H36O8SSi. The van der Waals surface area contributed by atoms with Gasteiger partial charge in [0.2, 0.25) is 0 Å². The van der Waals surface area contributed by atoms with Gasteiger partial charge in [0.05, 0.1) is 6.61 Å². The van der Waals surface area contributed by atoms with E-state index in [4.69, 9.17) is 18.0 Å². The van der Waals surface area contributed by atoms with Gasteiger partial charge in [0, 0.05) is 25.9 Å². The van der Waals surface area contributed by atoms with Gasteiger partial charge >= 0.3 is 14.8 Å². The van der Waals surface area contributed by atoms with Gasteiger partial charge in [-0.25, -0.2) is 0 Å². The van der Waals surface area contributed by atoms with Gasteiger partial charge in [0.15, 0.2) is 5.25 Å². The predicted molar refractivity (Wildman–Crippen MR) is 105 cm³/mol. The lowest BCUT2D eigenvalue weighted by Gasteiger charge is -2.28. The van der Waals surface area contributed by atoms with Crippen molar-refractivity contribution in [1.82, 2.24) is 0 Å². The highest BCUT2D eigenvalue weighted by Gasteiger charge is 2.40. The molecule has 10 heteroatoms. The summed E-state index contributed by atoms with van der Waals surface area (Å²) in [6.07, 6.45) is 3.78. The lowest BCUT2D eigenvalue weighted by atomic mass is 10.1. The lowest BCUT2D eigenvalue weighted by Crippen LogP contribution is -2.46. The zero-order chi connectivity index (χ0) is 20.8. The molecule has 162 valence electrons. The Morgan fingerprint density at radius 2 is 1.48 bits per heavy atom. The van der Waals surface area contributed by atoms with Crippen molar-refractivity contribution < 1.29 is 35.8 Å². The number of rotatable bonds is 17. The van der Waals surface area contributed by atoms with E-state index in [1.165, 1.54) is 0 Å². The lowest BCUT2D eigenvalue weighted by molar-refractivity contribution is -0.143. The van der Waals surface area contributed by atoms with Gasteiger partial charge in [-0.3, -0.25) is 9.35 Å². The molecule has 0 aliphatic heterocycles. The smallest absolute Gasteiger partial charge is 0.465 e. The number of carbonyl (C=O) groups excluding carboxylic acids is 1. The molecule has 8 nitrogen and oxygen atoms in total. The van der Waals surface area contributed by atoms with E-state index in [0.717, 1.165) is 19.3 Å². The Kier molecular flexibility index (Phi) is 14.2. The molecule has 27 heavy (non-hydrogen) atoms. The van der Waals surface area contributed by atoms with E-state index < -0.39 is 30.1 Å². The molecule has 0 aromatic carbocycles. The normalized spacial score (nSPS) is 13.5. The Balaban J connectivity index is 4.61. The summed E-state index contributed by atoms with van der Waals surface area (Å²) in [5, 5.41) is -1.53. The van der Waals surface area contributed by atoms with Crippen LogP contribution in [0.15, 0.2) is 0 Å². The third-order valence-corrected chi connectivity index (χ3v) is 8.21. The van der Waals surface area contributed by atoms with E-state index >= 15 is 0 Å². The molecule has 0 spiro atoms. The van der Waals surface area contributed by atoms with E-state index in [1.807, 2.05) is 27.7 Å². The van der Waals surface area contributed by atoms with Crippen LogP contribution in [-0.2, 0) is 32.9 Å². The highest BCUT2D eigenvalue weighted by Crippen LogP contribution is 2.19. The molecule has 0 saturated carbocycles. The van der Waals surface area contributed by atoms with Gasteiger partial charge in [-0.2, -0.15) is 8.42 Å². The van der Waals surface area contributed by atoms with E-state index in [2.05, 4.69) is 0 Å². The van der Waals surface area contributed by atoms with E-state index in [-0.39, 0.29) is 13.0 Å². The van der Waals surface area contributed by atoms with Crippen molar-refractivity contribution in [3.8, 4) is 0 Å². The van der Waals surface area contributed by atoms with Crippen molar-refractivity contribution in [2.24, 2.45) is 0 Å². The van der Waals surface area contributed by atoms with Gasteiger partial charge in [-0.05, 0) is 33.6 Å². The van der Waals surface area contributed by atoms with Gasteiger partial charge in [-0.15, -0.1) is 0 Å². The molecule has 0 aliphatic rings. The molecule has 0 amide bonds. The maximum absolute atomic E-state index is 12.1. The molecule has 0 aliphatic carbocycles. The van der Waals surface area contributed by atoms with Crippen LogP contribution in [0, 0.1) is 0 Å². The number of ether oxygens (including phenoxy) is 1. The third-order valence-electron chi connectivity index (χ3n) is 3.91. The van der Waals surface area contributed by atoms with Gasteiger partial charge < -0.3 is 18.0 Å². The first kappa shape index (κ1) is 26.5. The summed E-state index contributed by atoms with van der Waals surface area (Å²) in [7, 11) is -7.30. The molecule has 0 rings (SSSR count). The van der Waals surface area contributed by atoms with E-state index in [0.29, 0.717) is 38.7 Å². The fraction of sp³-hybridized carbons (Fsp3) is 0.941. The van der Waals surface area contributed by atoms with Crippen molar-refractivity contribution >= 4 is 24.9 Å². The van der Waals surface area contributed by atoms with Gasteiger partial charge in [0.25, 0.3) is 10.1 Å². The van der Waals surface area contributed by atoms with Crippen molar-refractivity contribution in [2.45, 2.75) is 77.5 Å². The Morgan fingerprint density at radius 1 is 0.926 bits per heavy atom. The van der Waals surface area contributed by atoms with Gasteiger partial charge in [-0.1, -0.05) is 32.6 Å². The average molecular weight is 429 g/mol. The van der Waals surface area contributed by atoms with Crippen LogP contribution in [0.1, 0.15) is 66.2 Å². The van der Waals surface area contributed by atoms with Crippen LogP contribution < -0.4 is 0 Å². The Labute approximate surface area is 165 Å². The number of unbranched alkanes of at least 4 members (excludes halogenated alkanes) is 3. The Morgan fingerprint density at radius 3 is 1.93 bits per heavy atom. The molecule has 0 heterocycles. The summed E-state index contributed by atoms with van der Waals surface area (Å²) in [5.41, 5.74) is 0. The van der Waals surface area contributed by atoms with Crippen LogP contribution in [0.5, 0.6) is 0 Å². The molecule has 1 N–H and O–H groups in total. The summed E-state index contributed by atoms with van der Waals surface area (Å²) >= 11 is 0. The maximum Gasteiger partial charge on any atom is 0.501 e. The number of hydrogen-bond acceptors (Lipinski definition) is 7. The Hall–Kier alpha value is -0.523. The second kappa shape index (κ2) is 14.5. The molecule has 0 saturated heterocycles. The van der Waals surface area contributed by atoms with Crippen molar-refractivity contribution in [2.75, 3.05) is 26.4 Å². The van der Waals surface area contributed by atoms with Crippen LogP contribution in [0.2, 0.25) is 6.04 Å². The van der Waals surface area contributed by atoms with E-state index in [1.54, 1.807) is 0 Å². The topological polar surface area (TPSA) is 108 Å². The summed E-state index contributed by atoms with van der Waals surface area (Å²) in [6, 6.07) is 0.461. The summed E-state index contributed by atoms with van der Waals surface area (Å²) < 4.78 is 54.5. The van der Waals surface area contributed by atoms with Crippen molar-refractivity contribution in [1.29, 1.82) is 0 Å². The molecule has 0 radical (unpaired) electrons. The SMILES string of the molecule is CCCCCCC(C(=O)OCCC[Si](OCC)(OCC)OCC)S(=O)(=O)O. The number of carbonyl (C=O) groups is 1.